The molecule has 0 radical (unpaired) electrons. The van der Waals surface area contributed by atoms with E-state index in [4.69, 9.17) is 48.4 Å². The summed E-state index contributed by atoms with van der Waals surface area (Å²) in [5.74, 6) is 4.18. The third-order valence-electron chi connectivity index (χ3n) is 22.1. The first-order valence-corrected chi connectivity index (χ1v) is 38.1. The number of rotatable bonds is 55. The smallest absolute Gasteiger partial charge is 0.302 e. The average Bonchev–Trinajstić information content (AvgIpc) is 0.834. The van der Waals surface area contributed by atoms with Gasteiger partial charge in [-0.3, -0.25) is 43.2 Å². The maximum Gasteiger partial charge on any atom is 0.302 e. The van der Waals surface area contributed by atoms with Crippen molar-refractivity contribution in [2.75, 3.05) is 92.4 Å². The maximum atomic E-state index is 12.9. The third-order valence-corrected chi connectivity index (χ3v) is 22.1. The Kier molecular flexibility index (Phi) is 45.0. The van der Waals surface area contributed by atoms with Crippen molar-refractivity contribution in [3.8, 4) is 0 Å². The number of ether oxygens (including phenoxy) is 9. The number of Topliss-reactive ketones (excluding diaryl/α,β-unsaturated/α-hetero) is 4. The predicted molar refractivity (Wildman–Crippen MR) is 378 cm³/mol. The number of nitrogens with one attached hydrogen (secondary N) is 2. The summed E-state index contributed by atoms with van der Waals surface area (Å²) in [4.78, 5) is 111. The number of amides is 2. The highest BCUT2D eigenvalue weighted by Crippen LogP contribution is 2.43. The molecular formula is C77H135N3O18. The fraction of sp³-hybridized carbons (Fsp3) is 0.883. The van der Waals surface area contributed by atoms with Crippen LogP contribution in [0.4, 0.5) is 0 Å². The van der Waals surface area contributed by atoms with Crippen LogP contribution < -0.4 is 16.4 Å². The monoisotopic (exact) mass is 1390 g/mol. The highest BCUT2D eigenvalue weighted by Gasteiger charge is 2.42. The number of unbranched alkanes of at least 4 members (excludes halogenated alkanes) is 7. The molecule has 3 aliphatic rings. The van der Waals surface area contributed by atoms with Gasteiger partial charge in [-0.25, -0.2) is 0 Å². The lowest BCUT2D eigenvalue weighted by atomic mass is 9.67. The van der Waals surface area contributed by atoms with Gasteiger partial charge in [-0.15, -0.1) is 0 Å². The number of carbonyl (C=O) groups is 9. The molecule has 3 saturated carbocycles. The molecule has 0 saturated heterocycles. The molecule has 2 amide bonds. The molecule has 4 N–H and O–H groups in total. The van der Waals surface area contributed by atoms with Gasteiger partial charge in [0.1, 0.15) is 23.1 Å². The van der Waals surface area contributed by atoms with Gasteiger partial charge in [0.25, 0.3) is 0 Å². The van der Waals surface area contributed by atoms with Crippen molar-refractivity contribution in [3.05, 3.63) is 0 Å². The Morgan fingerprint density at radius 2 is 0.602 bits per heavy atom. The Labute approximate surface area is 589 Å². The van der Waals surface area contributed by atoms with E-state index in [1.165, 1.54) is 20.8 Å². The average molecular weight is 1390 g/mol. The lowest BCUT2D eigenvalue weighted by Gasteiger charge is -2.43. The van der Waals surface area contributed by atoms with Crippen LogP contribution in [0.3, 0.4) is 0 Å². The van der Waals surface area contributed by atoms with Crippen molar-refractivity contribution >= 4 is 52.9 Å². The van der Waals surface area contributed by atoms with Crippen molar-refractivity contribution in [1.82, 2.24) is 10.6 Å². The highest BCUT2D eigenvalue weighted by atomic mass is 16.5. The summed E-state index contributed by atoms with van der Waals surface area (Å²) in [5.41, 5.74) is 5.67. The Hall–Kier alpha value is -4.25. The number of carbonyl (C=O) groups excluding carboxylic acids is 9. The molecule has 3 rings (SSSR count). The molecule has 15 unspecified atom stereocenters. The van der Waals surface area contributed by atoms with Crippen LogP contribution in [0.5, 0.6) is 0 Å². The van der Waals surface area contributed by atoms with E-state index in [0.29, 0.717) is 177 Å². The molecule has 21 heteroatoms. The molecule has 3 fully saturated rings. The second-order valence-corrected chi connectivity index (χ2v) is 29.8. The van der Waals surface area contributed by atoms with Crippen molar-refractivity contribution in [2.24, 2.45) is 76.7 Å². The van der Waals surface area contributed by atoms with Gasteiger partial charge in [-0.1, -0.05) is 75.2 Å². The molecule has 0 aromatic rings. The van der Waals surface area contributed by atoms with Crippen LogP contribution in [-0.2, 0) is 85.8 Å². The van der Waals surface area contributed by atoms with Crippen LogP contribution in [-0.4, -0.2) is 169 Å². The van der Waals surface area contributed by atoms with E-state index in [1.54, 1.807) is 0 Å². The number of hydrogen-bond acceptors (Lipinski definition) is 19. The Morgan fingerprint density at radius 1 is 0.327 bits per heavy atom. The van der Waals surface area contributed by atoms with Gasteiger partial charge in [-0.2, -0.15) is 0 Å². The first-order chi connectivity index (χ1) is 46.7. The van der Waals surface area contributed by atoms with Gasteiger partial charge in [0.15, 0.2) is 0 Å². The van der Waals surface area contributed by atoms with E-state index in [2.05, 4.69) is 72.9 Å². The van der Waals surface area contributed by atoms with Crippen LogP contribution in [0.1, 0.15) is 250 Å². The second kappa shape index (κ2) is 50.2. The lowest BCUT2D eigenvalue weighted by molar-refractivity contribution is -0.146. The largest absolute Gasteiger partial charge is 0.466 e. The Bertz CT molecular complexity index is 2080. The van der Waals surface area contributed by atoms with E-state index in [1.807, 2.05) is 0 Å². The first-order valence-electron chi connectivity index (χ1n) is 38.1. The number of hydrogen-bond donors (Lipinski definition) is 3. The number of nitrogens with two attached hydrogens (primary N) is 1. The van der Waals surface area contributed by atoms with E-state index >= 15 is 0 Å². The number of esters is 3. The summed E-state index contributed by atoms with van der Waals surface area (Å²) in [6.07, 6.45) is 16.1. The quantitative estimate of drug-likeness (QED) is 0.0290. The van der Waals surface area contributed by atoms with Crippen molar-refractivity contribution in [2.45, 2.75) is 274 Å². The second-order valence-electron chi connectivity index (χ2n) is 29.8. The van der Waals surface area contributed by atoms with E-state index < -0.39 is 5.54 Å². The highest BCUT2D eigenvalue weighted by molar-refractivity contribution is 5.80. The molecule has 0 spiro atoms. The molecule has 3 aliphatic carbocycles. The van der Waals surface area contributed by atoms with Crippen LogP contribution in [0.25, 0.3) is 0 Å². The molecule has 98 heavy (non-hydrogen) atoms. The minimum absolute atomic E-state index is 0.00617. The van der Waals surface area contributed by atoms with Gasteiger partial charge < -0.3 is 59.0 Å². The molecule has 0 aromatic heterocycles. The molecule has 0 heterocycles. The van der Waals surface area contributed by atoms with E-state index in [0.717, 1.165) is 77.0 Å². The van der Waals surface area contributed by atoms with Crippen LogP contribution in [0.2, 0.25) is 0 Å². The summed E-state index contributed by atoms with van der Waals surface area (Å²) in [5, 5.41) is 5.80. The van der Waals surface area contributed by atoms with Crippen LogP contribution in [0.15, 0.2) is 0 Å². The van der Waals surface area contributed by atoms with Gasteiger partial charge in [0.2, 0.25) is 11.8 Å². The first kappa shape index (κ1) is 88.0. The molecule has 0 bridgehead atoms. The minimum atomic E-state index is -1.14. The maximum absolute atomic E-state index is 12.9. The van der Waals surface area contributed by atoms with Gasteiger partial charge in [0.05, 0.1) is 83.3 Å². The topological polar surface area (TPSA) is 287 Å². The van der Waals surface area contributed by atoms with Crippen LogP contribution in [0, 0.1) is 71.0 Å². The van der Waals surface area contributed by atoms with Gasteiger partial charge in [0, 0.05) is 118 Å². The van der Waals surface area contributed by atoms with Crippen LogP contribution >= 0.6 is 0 Å². The molecule has 0 aliphatic heterocycles. The van der Waals surface area contributed by atoms with Crippen molar-refractivity contribution < 1.29 is 85.8 Å². The summed E-state index contributed by atoms with van der Waals surface area (Å²) in [7, 11) is 0. The minimum Gasteiger partial charge on any atom is -0.466 e. The van der Waals surface area contributed by atoms with E-state index in [9.17, 15) is 43.2 Å². The normalized spacial score (nSPS) is 26.2. The standard InChI is InChI=1S/C77H135N3O18/c1-53-56(4)65(47-96-62(10)81)44-72(59(53)7)93-38-22-19-30-68(84)26-15-13-17-28-70(86)33-41-90-50-77(78,51-91-42-34-71(87)29-18-14-16-27-69(85)31-20-23-39-94-73-45-66(48-97-63(11)82)57(5)54(2)60(73)8)52-92-43-35-76(89)80-37-25-36-79-75(88)32-21-24-40-95-74-46-67(49-98-64(12)83)58(6)55(3)61(74)9/h53-61,65-67,72-74H,13-52,78H2,1-12H3,(H,79,88)(H,80,89). The fourth-order valence-corrected chi connectivity index (χ4v) is 14.2. The summed E-state index contributed by atoms with van der Waals surface area (Å²) in [6, 6.07) is 0. The summed E-state index contributed by atoms with van der Waals surface area (Å²) < 4.78 is 52.7. The Morgan fingerprint density at radius 3 is 0.918 bits per heavy atom. The Balaban J connectivity index is 1.32. The zero-order valence-corrected chi connectivity index (χ0v) is 62.9. The van der Waals surface area contributed by atoms with Gasteiger partial charge in [-0.05, 0) is 161 Å². The lowest BCUT2D eigenvalue weighted by Crippen LogP contribution is -2.53. The van der Waals surface area contributed by atoms with Gasteiger partial charge >= 0.3 is 17.9 Å². The van der Waals surface area contributed by atoms with Crippen molar-refractivity contribution in [3.63, 3.8) is 0 Å². The fourth-order valence-electron chi connectivity index (χ4n) is 14.2. The van der Waals surface area contributed by atoms with Crippen molar-refractivity contribution in [1.29, 1.82) is 0 Å². The number of ketones is 4. The molecule has 15 atom stereocenters. The molecule has 21 nitrogen and oxygen atoms in total. The molecular weight excluding hydrogens is 1250 g/mol. The molecule has 0 aromatic carbocycles. The predicted octanol–water partition coefficient (Wildman–Crippen LogP) is 11.8. The summed E-state index contributed by atoms with van der Waals surface area (Å²) >= 11 is 0. The summed E-state index contributed by atoms with van der Waals surface area (Å²) in [6.45, 7) is 28.6. The zero-order valence-electron chi connectivity index (χ0n) is 62.9. The van der Waals surface area contributed by atoms with E-state index in [-0.39, 0.29) is 148 Å². The SMILES string of the molecule is CC(=O)OCC1CC(OCCCCC(=O)CCCCCC(=O)CCOCC(N)(COCCC(=O)CCCCCC(=O)CCCCOC2CC(COC(C)=O)C(C)C(C)C2C)COCCC(=O)NCCCNC(=O)CCCCOC2CC(COC(C)=O)C(C)C(C)C2C)C(C)C(C)C1C. The zero-order chi connectivity index (χ0) is 72.4. The molecule has 566 valence electrons. The third kappa shape index (κ3) is 37.1.